The van der Waals surface area contributed by atoms with Crippen LogP contribution in [0.3, 0.4) is 0 Å². The molecule has 0 amide bonds. The number of nitrogens with zero attached hydrogens (tertiary/aromatic N) is 3. The minimum Gasteiger partial charge on any atom is -0.493 e. The highest BCUT2D eigenvalue weighted by atomic mass is 16.5. The van der Waals surface area contributed by atoms with Crippen molar-refractivity contribution >= 4 is 0 Å². The van der Waals surface area contributed by atoms with Gasteiger partial charge in [0.2, 0.25) is 0 Å². The van der Waals surface area contributed by atoms with Crippen LogP contribution in [0.5, 0.6) is 11.5 Å². The van der Waals surface area contributed by atoms with Gasteiger partial charge in [-0.3, -0.25) is 9.80 Å². The number of rotatable bonds is 10. The molecule has 30 heavy (non-hydrogen) atoms. The number of β-amino-alcohol motifs (C(OH)–C–C–N with tert-alkyl or cyclic N) is 1. The van der Waals surface area contributed by atoms with Gasteiger partial charge in [-0.05, 0) is 36.5 Å². The van der Waals surface area contributed by atoms with E-state index >= 15 is 0 Å². The predicted molar refractivity (Wildman–Crippen MR) is 116 cm³/mol. The van der Waals surface area contributed by atoms with E-state index in [1.54, 1.807) is 7.11 Å². The maximum absolute atomic E-state index is 10.3. The van der Waals surface area contributed by atoms with Gasteiger partial charge in [0.1, 0.15) is 12.7 Å². The zero-order valence-electron chi connectivity index (χ0n) is 18.3. The summed E-state index contributed by atoms with van der Waals surface area (Å²) in [5.41, 5.74) is 1.24. The Morgan fingerprint density at radius 2 is 1.73 bits per heavy atom. The fraction of sp³-hybridized carbons (Fsp3) is 0.739. The van der Waals surface area contributed by atoms with E-state index in [0.29, 0.717) is 12.3 Å². The fourth-order valence-electron chi connectivity index (χ4n) is 4.30. The molecule has 0 aromatic heterocycles. The molecule has 1 aromatic carbocycles. The van der Waals surface area contributed by atoms with Crippen LogP contribution in [0.4, 0.5) is 0 Å². The third-order valence-electron chi connectivity index (χ3n) is 6.32. The SMILES string of the molecule is COc1cc(CN2CCN(CC3CC3)CC2)ccc1OC[C@H](O)CN1CCOCC1. The molecule has 2 aliphatic heterocycles. The van der Waals surface area contributed by atoms with E-state index in [-0.39, 0.29) is 6.61 Å². The summed E-state index contributed by atoms with van der Waals surface area (Å²) in [5.74, 6) is 2.40. The summed E-state index contributed by atoms with van der Waals surface area (Å²) in [4.78, 5) is 7.35. The van der Waals surface area contributed by atoms with Gasteiger partial charge < -0.3 is 24.2 Å². The Kier molecular flexibility index (Phi) is 7.84. The Labute approximate surface area is 180 Å². The van der Waals surface area contributed by atoms with Gasteiger partial charge in [-0.15, -0.1) is 0 Å². The molecule has 1 saturated carbocycles. The number of morpholine rings is 1. The lowest BCUT2D eigenvalue weighted by Crippen LogP contribution is -2.46. The Morgan fingerprint density at radius 1 is 1.00 bits per heavy atom. The van der Waals surface area contributed by atoms with Crippen LogP contribution >= 0.6 is 0 Å². The highest BCUT2D eigenvalue weighted by Gasteiger charge is 2.26. The molecule has 3 aliphatic rings. The molecule has 1 aliphatic carbocycles. The van der Waals surface area contributed by atoms with Crippen LogP contribution in [0, 0.1) is 5.92 Å². The van der Waals surface area contributed by atoms with Gasteiger partial charge in [0, 0.05) is 58.9 Å². The molecule has 1 atom stereocenters. The van der Waals surface area contributed by atoms with Crippen LogP contribution in [-0.2, 0) is 11.3 Å². The van der Waals surface area contributed by atoms with Crippen LogP contribution < -0.4 is 9.47 Å². The fourth-order valence-corrected chi connectivity index (χ4v) is 4.30. The molecule has 168 valence electrons. The molecule has 2 heterocycles. The second kappa shape index (κ2) is 10.8. The molecule has 1 aromatic rings. The number of ether oxygens (including phenoxy) is 3. The molecule has 1 N–H and O–H groups in total. The highest BCUT2D eigenvalue weighted by Crippen LogP contribution is 2.31. The Hall–Kier alpha value is -1.38. The zero-order chi connectivity index (χ0) is 20.8. The monoisotopic (exact) mass is 419 g/mol. The van der Waals surface area contributed by atoms with Gasteiger partial charge >= 0.3 is 0 Å². The molecule has 7 heteroatoms. The molecule has 0 spiro atoms. The second-order valence-corrected chi connectivity index (χ2v) is 8.88. The first-order chi connectivity index (χ1) is 14.7. The molecule has 4 rings (SSSR count). The predicted octanol–water partition coefficient (Wildman–Crippen LogP) is 1.29. The molecular weight excluding hydrogens is 382 g/mol. The van der Waals surface area contributed by atoms with Crippen molar-refractivity contribution in [3.63, 3.8) is 0 Å². The van der Waals surface area contributed by atoms with Crippen LogP contribution in [0.15, 0.2) is 18.2 Å². The van der Waals surface area contributed by atoms with Crippen LogP contribution in [0.1, 0.15) is 18.4 Å². The van der Waals surface area contributed by atoms with Crippen molar-refractivity contribution in [3.8, 4) is 11.5 Å². The quantitative estimate of drug-likeness (QED) is 0.613. The molecule has 2 saturated heterocycles. The van der Waals surface area contributed by atoms with Crippen molar-refractivity contribution in [2.45, 2.75) is 25.5 Å². The number of benzene rings is 1. The first-order valence-corrected chi connectivity index (χ1v) is 11.4. The third-order valence-corrected chi connectivity index (χ3v) is 6.32. The number of aliphatic hydroxyl groups excluding tert-OH is 1. The van der Waals surface area contributed by atoms with E-state index in [2.05, 4.69) is 26.8 Å². The number of hydrogen-bond acceptors (Lipinski definition) is 7. The summed E-state index contributed by atoms with van der Waals surface area (Å²) in [5, 5.41) is 10.3. The summed E-state index contributed by atoms with van der Waals surface area (Å²) < 4.78 is 16.8. The first-order valence-electron chi connectivity index (χ1n) is 11.4. The van der Waals surface area contributed by atoms with Gasteiger partial charge in [-0.1, -0.05) is 6.07 Å². The standard InChI is InChI=1S/C23H37N3O4/c1-28-23-14-20(16-25-8-6-24(7-9-25)15-19-2-3-19)4-5-22(23)30-18-21(27)17-26-10-12-29-13-11-26/h4-5,14,19,21,27H,2-3,6-13,15-18H2,1H3/t21-/m1/s1. The lowest BCUT2D eigenvalue weighted by Gasteiger charge is -2.34. The van der Waals surface area contributed by atoms with Crippen molar-refractivity contribution in [2.24, 2.45) is 5.92 Å². The van der Waals surface area contributed by atoms with Gasteiger partial charge in [0.25, 0.3) is 0 Å². The van der Waals surface area contributed by atoms with Gasteiger partial charge in [0.05, 0.1) is 20.3 Å². The number of hydrogen-bond donors (Lipinski definition) is 1. The van der Waals surface area contributed by atoms with Crippen molar-refractivity contribution in [2.75, 3.05) is 79.3 Å². The van der Waals surface area contributed by atoms with E-state index in [1.165, 1.54) is 38.0 Å². The zero-order valence-corrected chi connectivity index (χ0v) is 18.3. The van der Waals surface area contributed by atoms with Crippen LogP contribution in [-0.4, -0.2) is 105 Å². The summed E-state index contributed by atoms with van der Waals surface area (Å²) >= 11 is 0. The second-order valence-electron chi connectivity index (χ2n) is 8.88. The van der Waals surface area contributed by atoms with Crippen molar-refractivity contribution in [1.82, 2.24) is 14.7 Å². The van der Waals surface area contributed by atoms with Gasteiger partial charge in [0.15, 0.2) is 11.5 Å². The smallest absolute Gasteiger partial charge is 0.161 e. The van der Waals surface area contributed by atoms with E-state index in [4.69, 9.17) is 14.2 Å². The topological polar surface area (TPSA) is 57.6 Å². The van der Waals surface area contributed by atoms with Crippen LogP contribution in [0.2, 0.25) is 0 Å². The van der Waals surface area contributed by atoms with Gasteiger partial charge in [-0.2, -0.15) is 0 Å². The normalized spacial score (nSPS) is 22.7. The summed E-state index contributed by atoms with van der Waals surface area (Å²) in [6.07, 6.45) is 2.33. The van der Waals surface area contributed by atoms with Crippen molar-refractivity contribution in [3.05, 3.63) is 23.8 Å². The molecule has 3 fully saturated rings. The van der Waals surface area contributed by atoms with Crippen molar-refractivity contribution in [1.29, 1.82) is 0 Å². The van der Waals surface area contributed by atoms with Crippen molar-refractivity contribution < 1.29 is 19.3 Å². The Balaban J connectivity index is 1.23. The maximum Gasteiger partial charge on any atom is 0.161 e. The Bertz CT molecular complexity index is 656. The van der Waals surface area contributed by atoms with Crippen LogP contribution in [0.25, 0.3) is 0 Å². The number of methoxy groups -OCH3 is 1. The average Bonchev–Trinajstić information content (AvgIpc) is 3.59. The van der Waals surface area contributed by atoms with E-state index in [1.807, 2.05) is 6.07 Å². The average molecular weight is 420 g/mol. The molecule has 0 unspecified atom stereocenters. The minimum absolute atomic E-state index is 0.260. The summed E-state index contributed by atoms with van der Waals surface area (Å²) in [7, 11) is 1.67. The molecule has 0 radical (unpaired) electrons. The molecular formula is C23H37N3O4. The Morgan fingerprint density at radius 3 is 2.43 bits per heavy atom. The number of piperazine rings is 1. The van der Waals surface area contributed by atoms with E-state index < -0.39 is 6.10 Å². The summed E-state index contributed by atoms with van der Waals surface area (Å²) in [6, 6.07) is 6.15. The molecule has 7 nitrogen and oxygen atoms in total. The largest absolute Gasteiger partial charge is 0.493 e. The maximum atomic E-state index is 10.3. The highest BCUT2D eigenvalue weighted by molar-refractivity contribution is 5.43. The van der Waals surface area contributed by atoms with E-state index in [0.717, 1.165) is 57.6 Å². The van der Waals surface area contributed by atoms with Gasteiger partial charge in [-0.25, -0.2) is 0 Å². The van der Waals surface area contributed by atoms with E-state index in [9.17, 15) is 5.11 Å². The number of aliphatic hydroxyl groups is 1. The third kappa shape index (κ3) is 6.56. The lowest BCUT2D eigenvalue weighted by atomic mass is 10.1. The first kappa shape index (κ1) is 21.8. The summed E-state index contributed by atoms with van der Waals surface area (Å²) in [6.45, 7) is 10.9. The lowest BCUT2D eigenvalue weighted by molar-refractivity contribution is 0.00445. The minimum atomic E-state index is -0.528. The molecule has 0 bridgehead atoms.